The normalized spacial score (nSPS) is 22.7. The van der Waals surface area contributed by atoms with Crippen molar-refractivity contribution < 1.29 is 14.7 Å². The molecule has 132 valence electrons. The van der Waals surface area contributed by atoms with E-state index in [1.54, 1.807) is 6.07 Å². The Labute approximate surface area is 154 Å². The lowest BCUT2D eigenvalue weighted by atomic mass is 10.1. The zero-order valence-electron chi connectivity index (χ0n) is 13.6. The van der Waals surface area contributed by atoms with E-state index in [4.69, 9.17) is 5.11 Å². The fourth-order valence-electron chi connectivity index (χ4n) is 3.54. The van der Waals surface area contributed by atoms with E-state index in [0.717, 1.165) is 23.1 Å². The van der Waals surface area contributed by atoms with Gasteiger partial charge >= 0.3 is 6.09 Å². The Morgan fingerprint density at radius 3 is 2.84 bits per heavy atom. The molecule has 2 saturated heterocycles. The fourth-order valence-corrected chi connectivity index (χ4v) is 3.90. The molecule has 1 aromatic rings. The van der Waals surface area contributed by atoms with E-state index in [1.165, 1.54) is 4.90 Å². The van der Waals surface area contributed by atoms with Crippen LogP contribution in [-0.4, -0.2) is 53.7 Å². The summed E-state index contributed by atoms with van der Waals surface area (Å²) < 4.78 is 0.854. The van der Waals surface area contributed by atoms with Gasteiger partial charge < -0.3 is 15.3 Å². The summed E-state index contributed by atoms with van der Waals surface area (Å²) in [5, 5.41) is 21.5. The first-order valence-electron chi connectivity index (χ1n) is 8.24. The van der Waals surface area contributed by atoms with Gasteiger partial charge in [-0.2, -0.15) is 5.26 Å². The van der Waals surface area contributed by atoms with Gasteiger partial charge in [-0.05, 0) is 37.5 Å². The number of benzene rings is 1. The zero-order chi connectivity index (χ0) is 18.0. The minimum Gasteiger partial charge on any atom is -0.465 e. The molecule has 0 saturated carbocycles. The quantitative estimate of drug-likeness (QED) is 0.801. The third-order valence-corrected chi connectivity index (χ3v) is 5.25. The first-order chi connectivity index (χ1) is 12.0. The van der Waals surface area contributed by atoms with Crippen molar-refractivity contribution in [1.82, 2.24) is 10.2 Å². The number of nitrogens with one attached hydrogen (secondary N) is 1. The molecule has 25 heavy (non-hydrogen) atoms. The van der Waals surface area contributed by atoms with Gasteiger partial charge in [0.05, 0.1) is 11.3 Å². The van der Waals surface area contributed by atoms with Crippen LogP contribution in [-0.2, 0) is 4.79 Å². The summed E-state index contributed by atoms with van der Waals surface area (Å²) in [5.74, 6) is -0.219. The molecule has 8 heteroatoms. The summed E-state index contributed by atoms with van der Waals surface area (Å²) >= 11 is 3.37. The van der Waals surface area contributed by atoms with Crippen molar-refractivity contribution >= 4 is 33.6 Å². The van der Waals surface area contributed by atoms with Gasteiger partial charge in [-0.1, -0.05) is 15.9 Å². The number of carbonyl (C=O) groups excluding carboxylic acids is 1. The summed E-state index contributed by atoms with van der Waals surface area (Å²) in [6, 6.07) is 7.14. The van der Waals surface area contributed by atoms with E-state index in [-0.39, 0.29) is 11.9 Å². The number of rotatable bonds is 3. The van der Waals surface area contributed by atoms with E-state index in [1.807, 2.05) is 12.1 Å². The number of hydrogen-bond acceptors (Lipinski definition) is 4. The monoisotopic (exact) mass is 406 g/mol. The molecule has 2 N–H and O–H groups in total. The molecule has 2 heterocycles. The molecule has 1 aromatic carbocycles. The number of carboxylic acid groups (broad SMARTS) is 1. The van der Waals surface area contributed by atoms with E-state index >= 15 is 0 Å². The van der Waals surface area contributed by atoms with Gasteiger partial charge in [0.2, 0.25) is 5.91 Å². The minimum atomic E-state index is -1.04. The topological polar surface area (TPSA) is 96.7 Å². The van der Waals surface area contributed by atoms with Crippen LogP contribution in [0, 0.1) is 11.3 Å². The van der Waals surface area contributed by atoms with Crippen LogP contribution < -0.4 is 10.2 Å². The van der Waals surface area contributed by atoms with Crippen molar-refractivity contribution in [1.29, 1.82) is 5.26 Å². The van der Waals surface area contributed by atoms with Gasteiger partial charge in [-0.15, -0.1) is 0 Å². The maximum atomic E-state index is 12.4. The zero-order valence-corrected chi connectivity index (χ0v) is 15.2. The van der Waals surface area contributed by atoms with E-state index < -0.39 is 12.1 Å². The summed E-state index contributed by atoms with van der Waals surface area (Å²) in [6.07, 6.45) is 1.01. The molecule has 0 aromatic heterocycles. The Balaban J connectivity index is 1.63. The molecule has 0 aliphatic carbocycles. The molecule has 2 atom stereocenters. The SMILES string of the molecule is N#Cc1cc(Br)ccc1N1CC[C@H](NC(=O)C2CCCN2C(=O)O)C1. The number of nitrogens with zero attached hydrogens (tertiary/aromatic N) is 3. The molecule has 2 fully saturated rings. The average Bonchev–Trinajstić information content (AvgIpc) is 3.23. The first kappa shape index (κ1) is 17.5. The van der Waals surface area contributed by atoms with Gasteiger partial charge in [-0.3, -0.25) is 9.69 Å². The van der Waals surface area contributed by atoms with Crippen LogP contribution >= 0.6 is 15.9 Å². The van der Waals surface area contributed by atoms with E-state index in [0.29, 0.717) is 31.5 Å². The molecular formula is C17H19BrN4O3. The number of halogens is 1. The van der Waals surface area contributed by atoms with Crippen LogP contribution in [0.5, 0.6) is 0 Å². The van der Waals surface area contributed by atoms with Crippen molar-refractivity contribution in [2.75, 3.05) is 24.5 Å². The molecule has 2 aliphatic heterocycles. The van der Waals surface area contributed by atoms with Gasteiger partial charge in [0.25, 0.3) is 0 Å². The maximum Gasteiger partial charge on any atom is 0.407 e. The van der Waals surface area contributed by atoms with Crippen LogP contribution in [0.4, 0.5) is 10.5 Å². The molecule has 1 unspecified atom stereocenters. The van der Waals surface area contributed by atoms with Crippen LogP contribution in [0.1, 0.15) is 24.8 Å². The average molecular weight is 407 g/mol. The minimum absolute atomic E-state index is 0.0427. The number of nitriles is 1. The largest absolute Gasteiger partial charge is 0.465 e. The summed E-state index contributed by atoms with van der Waals surface area (Å²) in [6.45, 7) is 1.77. The summed E-state index contributed by atoms with van der Waals surface area (Å²) in [4.78, 5) is 26.9. The Hall–Kier alpha value is -2.27. The van der Waals surface area contributed by atoms with Gasteiger partial charge in [0.15, 0.2) is 0 Å². The maximum absolute atomic E-state index is 12.4. The molecule has 2 amide bonds. The van der Waals surface area contributed by atoms with E-state index in [9.17, 15) is 14.9 Å². The van der Waals surface area contributed by atoms with Crippen molar-refractivity contribution in [3.05, 3.63) is 28.2 Å². The predicted molar refractivity (Wildman–Crippen MR) is 95.4 cm³/mol. The molecule has 0 bridgehead atoms. The highest BCUT2D eigenvalue weighted by molar-refractivity contribution is 9.10. The summed E-state index contributed by atoms with van der Waals surface area (Å²) in [5.41, 5.74) is 1.45. The number of likely N-dealkylation sites (tertiary alicyclic amines) is 1. The second-order valence-electron chi connectivity index (χ2n) is 6.35. The van der Waals surface area contributed by atoms with Crippen LogP contribution in [0.25, 0.3) is 0 Å². The highest BCUT2D eigenvalue weighted by Crippen LogP contribution is 2.27. The second kappa shape index (κ2) is 7.31. The predicted octanol–water partition coefficient (Wildman–Crippen LogP) is 2.16. The Morgan fingerprint density at radius 1 is 1.32 bits per heavy atom. The van der Waals surface area contributed by atoms with Gasteiger partial charge in [0.1, 0.15) is 12.1 Å². The Kier molecular flexibility index (Phi) is 5.13. The molecule has 0 radical (unpaired) electrons. The van der Waals surface area contributed by atoms with Crippen molar-refractivity contribution in [2.24, 2.45) is 0 Å². The lowest BCUT2D eigenvalue weighted by Gasteiger charge is -2.24. The highest BCUT2D eigenvalue weighted by Gasteiger charge is 2.36. The molecule has 7 nitrogen and oxygen atoms in total. The number of carbonyl (C=O) groups is 2. The highest BCUT2D eigenvalue weighted by atomic mass is 79.9. The van der Waals surface area contributed by atoms with Crippen LogP contribution in [0.15, 0.2) is 22.7 Å². The third-order valence-electron chi connectivity index (χ3n) is 4.76. The lowest BCUT2D eigenvalue weighted by Crippen LogP contribution is -2.49. The van der Waals surface area contributed by atoms with Crippen molar-refractivity contribution in [3.8, 4) is 6.07 Å². The third kappa shape index (κ3) is 3.71. The number of anilines is 1. The first-order valence-corrected chi connectivity index (χ1v) is 9.03. The van der Waals surface area contributed by atoms with Crippen LogP contribution in [0.2, 0.25) is 0 Å². The second-order valence-corrected chi connectivity index (χ2v) is 7.26. The molecule has 3 rings (SSSR count). The standard InChI is InChI=1S/C17H19BrN4O3/c18-12-3-4-14(11(8-12)9-19)21-7-5-13(10-21)20-16(23)15-2-1-6-22(15)17(24)25/h3-4,8,13,15H,1-2,5-7,10H2,(H,20,23)(H,24,25)/t13-,15?/m0/s1. The molecule has 0 spiro atoms. The van der Waals surface area contributed by atoms with E-state index in [2.05, 4.69) is 32.2 Å². The van der Waals surface area contributed by atoms with Crippen LogP contribution in [0.3, 0.4) is 0 Å². The fraction of sp³-hybridized carbons (Fsp3) is 0.471. The summed E-state index contributed by atoms with van der Waals surface area (Å²) in [7, 11) is 0. The lowest BCUT2D eigenvalue weighted by molar-refractivity contribution is -0.125. The molecular weight excluding hydrogens is 388 g/mol. The number of hydrogen-bond donors (Lipinski definition) is 2. The van der Waals surface area contributed by atoms with Crippen molar-refractivity contribution in [3.63, 3.8) is 0 Å². The van der Waals surface area contributed by atoms with Crippen molar-refractivity contribution in [2.45, 2.75) is 31.3 Å². The molecule has 2 aliphatic rings. The Morgan fingerprint density at radius 2 is 2.12 bits per heavy atom. The van der Waals surface area contributed by atoms with Gasteiger partial charge in [0, 0.05) is 30.1 Å². The van der Waals surface area contributed by atoms with Gasteiger partial charge in [-0.25, -0.2) is 4.79 Å². The smallest absolute Gasteiger partial charge is 0.407 e. The number of amides is 2. The Bertz CT molecular complexity index is 733.